The summed E-state index contributed by atoms with van der Waals surface area (Å²) in [7, 11) is 0. The van der Waals surface area contributed by atoms with Gasteiger partial charge in [0.1, 0.15) is 0 Å². The molecule has 1 atom stereocenters. The summed E-state index contributed by atoms with van der Waals surface area (Å²) < 4.78 is 51.8. The number of nitrogens with zero attached hydrogens (tertiary/aromatic N) is 4. The SMILES string of the molecule is [2H]c1c([2H])c([2H])c(-c2ccc3c(c2)N(c2cccc4c5cccc(-n6c7ccc(C(C)(C)C)cc7c7cc(C(C)(C)C)ccc76)c5n(-c5ccccc5)c24)c2cc(C(C)(C)C)cc4c2C3c2cc(-c3cc(C(C)(C)C)cc(C(C)(C)C)c3)ccc2N4c2c(-c3ccccc3)cc(C(C)(C)C)cc2-c2ccccc2)c([2H])c1[2H]. The molecule has 13 aromatic carbocycles. The largest absolute Gasteiger partial charge is 0.309 e. The summed E-state index contributed by atoms with van der Waals surface area (Å²) in [5, 5.41) is 4.55. The van der Waals surface area contributed by atoms with Gasteiger partial charge in [-0.15, -0.1) is 0 Å². The minimum atomic E-state index is -0.430. The van der Waals surface area contributed by atoms with E-state index in [0.29, 0.717) is 5.56 Å². The Hall–Kier alpha value is -10.9. The maximum Gasteiger partial charge on any atom is 0.0783 e. The molecule has 4 nitrogen and oxygen atoms in total. The quantitative estimate of drug-likeness (QED) is 0.151. The van der Waals surface area contributed by atoms with Gasteiger partial charge in [-0.25, -0.2) is 0 Å². The van der Waals surface area contributed by atoms with Crippen molar-refractivity contribution < 1.29 is 6.85 Å². The van der Waals surface area contributed by atoms with Gasteiger partial charge in [0.05, 0.1) is 68.7 Å². The highest BCUT2D eigenvalue weighted by atomic mass is 15.2. The standard InChI is InChI=1S/C103H100N4/c1-98(2,3)70-47-51-85-82(58-70)83-59-71(99(4,5)6)48-52-86(83)105(85)88-43-31-41-77-78-42-32-44-89(97(78)104(96(77)88)76-39-29-22-30-40-76)106-90-56-68(64-33-23-19-24-34-64)45-49-79(90)93-84-55-67(69-53-72(100(7,8)9)57-73(54-69)101(10,11)12)46-50-87(84)107(92-63-75(103(16,17)18)62-91(106)94(92)93)95-80(65-35-25-20-26-36-65)60-74(102(13,14)15)61-81(95)66-37-27-21-28-38-66/h19-63,93H,1-18H3/i19D,23D,24D,33D,34D. The molecule has 15 aromatic rings. The predicted octanol–water partition coefficient (Wildman–Crippen LogP) is 29.1. The Bertz CT molecular complexity index is 6180. The average Bonchev–Trinajstić information content (AvgIpc) is 1.13. The van der Waals surface area contributed by atoms with E-state index in [0.717, 1.165) is 134 Å². The fraction of sp³-hybridized carbons (Fsp3) is 0.243. The minimum Gasteiger partial charge on any atom is -0.309 e. The van der Waals surface area contributed by atoms with Gasteiger partial charge >= 0.3 is 0 Å². The van der Waals surface area contributed by atoms with Crippen LogP contribution in [-0.4, -0.2) is 9.13 Å². The van der Waals surface area contributed by atoms with Crippen LogP contribution in [0.4, 0.5) is 34.1 Å². The van der Waals surface area contributed by atoms with Gasteiger partial charge in [-0.2, -0.15) is 0 Å². The number of para-hydroxylation sites is 3. The molecule has 107 heavy (non-hydrogen) atoms. The van der Waals surface area contributed by atoms with Gasteiger partial charge in [-0.1, -0.05) is 306 Å². The van der Waals surface area contributed by atoms with E-state index in [-0.39, 0.29) is 56.8 Å². The molecule has 0 N–H and O–H groups in total. The first-order chi connectivity index (χ1) is 52.9. The van der Waals surface area contributed by atoms with Crippen LogP contribution in [0.25, 0.3) is 99.5 Å². The Kier molecular flexibility index (Phi) is 14.7. The molecule has 0 saturated carbocycles. The van der Waals surface area contributed by atoms with E-state index in [1.54, 1.807) is 0 Å². The van der Waals surface area contributed by atoms with E-state index >= 15 is 0 Å². The highest BCUT2D eigenvalue weighted by Crippen LogP contribution is 2.65. The van der Waals surface area contributed by atoms with E-state index in [9.17, 15) is 5.48 Å². The molecule has 2 aromatic heterocycles. The van der Waals surface area contributed by atoms with Crippen molar-refractivity contribution in [2.45, 2.75) is 163 Å². The number of anilines is 6. The summed E-state index contributed by atoms with van der Waals surface area (Å²) in [5.74, 6) is -0.425. The summed E-state index contributed by atoms with van der Waals surface area (Å²) in [4.78, 5) is 5.13. The number of hydrogen-bond donors (Lipinski definition) is 0. The van der Waals surface area contributed by atoms with Gasteiger partial charge in [0, 0.05) is 49.8 Å². The number of aromatic nitrogens is 2. The van der Waals surface area contributed by atoms with Gasteiger partial charge in [-0.3, -0.25) is 0 Å². The van der Waals surface area contributed by atoms with Crippen molar-refractivity contribution in [3.8, 4) is 55.9 Å². The van der Waals surface area contributed by atoms with Gasteiger partial charge in [0.25, 0.3) is 0 Å². The molecule has 1 unspecified atom stereocenters. The molecule has 532 valence electrons. The lowest BCUT2D eigenvalue weighted by atomic mass is 9.72. The van der Waals surface area contributed by atoms with Crippen molar-refractivity contribution in [1.82, 2.24) is 9.13 Å². The first kappa shape index (κ1) is 63.3. The third kappa shape index (κ3) is 11.7. The molecule has 0 amide bonds. The van der Waals surface area contributed by atoms with Gasteiger partial charge in [0.15, 0.2) is 0 Å². The lowest BCUT2D eigenvalue weighted by Crippen LogP contribution is -2.31. The first-order valence-corrected chi connectivity index (χ1v) is 38.3. The topological polar surface area (TPSA) is 16.3 Å². The molecular formula is C103H100N4. The summed E-state index contributed by atoms with van der Waals surface area (Å²) in [6, 6.07) is 89.5. The summed E-state index contributed by atoms with van der Waals surface area (Å²) in [6.45, 7) is 41.6. The Labute approximate surface area is 641 Å². The second-order valence-corrected chi connectivity index (χ2v) is 36.3. The Morgan fingerprint density at radius 2 is 0.729 bits per heavy atom. The van der Waals surface area contributed by atoms with Crippen LogP contribution in [-0.2, 0) is 32.5 Å². The summed E-state index contributed by atoms with van der Waals surface area (Å²) in [6.07, 6.45) is 0. The summed E-state index contributed by atoms with van der Waals surface area (Å²) >= 11 is 0. The number of benzene rings is 13. The van der Waals surface area contributed by atoms with Crippen molar-refractivity contribution in [3.05, 3.63) is 323 Å². The highest BCUT2D eigenvalue weighted by Gasteiger charge is 2.45. The van der Waals surface area contributed by atoms with E-state index in [4.69, 9.17) is 1.37 Å². The minimum absolute atomic E-state index is 0.0950. The van der Waals surface area contributed by atoms with E-state index < -0.39 is 17.4 Å². The molecule has 2 aliphatic rings. The molecule has 4 heterocycles. The molecular weight excluding hydrogens is 1290 g/mol. The Balaban J connectivity index is 1.06. The second-order valence-electron chi connectivity index (χ2n) is 36.3. The Morgan fingerprint density at radius 3 is 1.25 bits per heavy atom. The van der Waals surface area contributed by atoms with Crippen LogP contribution in [0.2, 0.25) is 0 Å². The first-order valence-electron chi connectivity index (χ1n) is 40.8. The van der Waals surface area contributed by atoms with Crippen molar-refractivity contribution in [3.63, 3.8) is 0 Å². The third-order valence-corrected chi connectivity index (χ3v) is 22.9. The lowest BCUT2D eigenvalue weighted by molar-refractivity contribution is 0.569. The average molecular weight is 1400 g/mol. The molecule has 2 aliphatic heterocycles. The normalized spacial score (nSPS) is 14.8. The van der Waals surface area contributed by atoms with E-state index in [1.807, 2.05) is 6.07 Å². The monoisotopic (exact) mass is 1400 g/mol. The van der Waals surface area contributed by atoms with Crippen LogP contribution in [0.3, 0.4) is 0 Å². The van der Waals surface area contributed by atoms with Crippen molar-refractivity contribution in [2.24, 2.45) is 0 Å². The molecule has 17 rings (SSSR count). The van der Waals surface area contributed by atoms with E-state index in [2.05, 4.69) is 380 Å². The number of rotatable bonds is 8. The van der Waals surface area contributed by atoms with E-state index in [1.165, 1.54) is 38.6 Å². The van der Waals surface area contributed by atoms with Crippen molar-refractivity contribution in [2.75, 3.05) is 9.80 Å². The van der Waals surface area contributed by atoms with Gasteiger partial charge < -0.3 is 18.9 Å². The smallest absolute Gasteiger partial charge is 0.0783 e. The molecule has 0 radical (unpaired) electrons. The van der Waals surface area contributed by atoms with Crippen LogP contribution >= 0.6 is 0 Å². The second kappa shape index (κ2) is 24.8. The fourth-order valence-corrected chi connectivity index (χ4v) is 16.8. The highest BCUT2D eigenvalue weighted by molar-refractivity contribution is 6.19. The van der Waals surface area contributed by atoms with Crippen molar-refractivity contribution in [1.29, 1.82) is 0 Å². The predicted molar refractivity (Wildman–Crippen MR) is 459 cm³/mol. The van der Waals surface area contributed by atoms with Crippen LogP contribution < -0.4 is 9.80 Å². The molecule has 0 aliphatic carbocycles. The van der Waals surface area contributed by atoms with Gasteiger partial charge in [0.2, 0.25) is 0 Å². The van der Waals surface area contributed by atoms with Crippen molar-refractivity contribution >= 4 is 77.7 Å². The zero-order valence-corrected chi connectivity index (χ0v) is 65.5. The van der Waals surface area contributed by atoms with Crippen LogP contribution in [0.5, 0.6) is 0 Å². The maximum absolute atomic E-state index is 9.73. The Morgan fingerprint density at radius 1 is 0.271 bits per heavy atom. The maximum atomic E-state index is 9.73. The lowest BCUT2D eigenvalue weighted by Gasteiger charge is -2.47. The van der Waals surface area contributed by atoms with Crippen LogP contribution in [0, 0.1) is 0 Å². The molecule has 0 bridgehead atoms. The third-order valence-electron chi connectivity index (χ3n) is 22.9. The molecule has 4 heteroatoms. The zero-order chi connectivity index (χ0) is 79.1. The van der Waals surface area contributed by atoms with Crippen LogP contribution in [0.15, 0.2) is 273 Å². The fourth-order valence-electron chi connectivity index (χ4n) is 16.8. The number of fused-ring (bicyclic) bond motifs is 10. The number of hydrogen-bond acceptors (Lipinski definition) is 2. The zero-order valence-electron chi connectivity index (χ0n) is 70.5. The summed E-state index contributed by atoms with van der Waals surface area (Å²) in [5.41, 5.74) is 29.0. The van der Waals surface area contributed by atoms with Crippen LogP contribution in [0.1, 0.15) is 187 Å². The molecule has 0 saturated heterocycles. The molecule has 0 spiro atoms. The van der Waals surface area contributed by atoms with Gasteiger partial charge in [-0.05, 0) is 201 Å². The molecule has 0 fully saturated rings.